The highest BCUT2D eigenvalue weighted by molar-refractivity contribution is 6.43. The van der Waals surface area contributed by atoms with E-state index in [4.69, 9.17) is 0 Å². The number of pyridine rings is 1. The monoisotopic (exact) mass is 553 g/mol. The van der Waals surface area contributed by atoms with Gasteiger partial charge in [0.15, 0.2) is 5.78 Å². The van der Waals surface area contributed by atoms with Crippen molar-refractivity contribution in [2.75, 3.05) is 5.32 Å². The van der Waals surface area contributed by atoms with Crippen LogP contribution in [0.2, 0.25) is 0 Å². The van der Waals surface area contributed by atoms with E-state index in [0.29, 0.717) is 12.3 Å². The van der Waals surface area contributed by atoms with Crippen LogP contribution in [0.3, 0.4) is 0 Å². The van der Waals surface area contributed by atoms with Crippen LogP contribution >= 0.6 is 0 Å². The number of carbonyl (C=O) groups is 2. The molecule has 7 nitrogen and oxygen atoms in total. The Labute approximate surface area is 231 Å². The fourth-order valence-electron chi connectivity index (χ4n) is 4.77. The van der Waals surface area contributed by atoms with E-state index in [1.54, 1.807) is 0 Å². The minimum absolute atomic E-state index is 0.0688. The summed E-state index contributed by atoms with van der Waals surface area (Å²) >= 11 is 0. The largest absolute Gasteiger partial charge is 0.475 e. The Kier molecular flexibility index (Phi) is 9.60. The molecule has 0 bridgehead atoms. The quantitative estimate of drug-likeness (QED) is 0.186. The second kappa shape index (κ2) is 13.1. The number of alkyl halides is 3. The first kappa shape index (κ1) is 29.3. The van der Waals surface area contributed by atoms with E-state index in [-0.39, 0.29) is 29.9 Å². The highest BCUT2D eigenvalue weighted by Gasteiger charge is 2.34. The number of hydrogen-bond donors (Lipinski definition) is 4. The van der Waals surface area contributed by atoms with Gasteiger partial charge in [0.05, 0.1) is 17.1 Å². The second-order valence-electron chi connectivity index (χ2n) is 10.2. The molecule has 1 aliphatic carbocycles. The Morgan fingerprint density at radius 2 is 1.77 bits per heavy atom. The molecule has 1 heterocycles. The maximum absolute atomic E-state index is 13.5. The van der Waals surface area contributed by atoms with Crippen molar-refractivity contribution in [3.05, 3.63) is 89.6 Å². The van der Waals surface area contributed by atoms with E-state index in [9.17, 15) is 32.8 Å². The molecule has 1 aliphatic rings. The molecule has 1 aromatic heterocycles. The number of benzene rings is 2. The lowest BCUT2D eigenvalue weighted by molar-refractivity contribution is -0.137. The van der Waals surface area contributed by atoms with E-state index in [0.717, 1.165) is 37.0 Å². The molecule has 0 saturated heterocycles. The van der Waals surface area contributed by atoms with Gasteiger partial charge in [0.25, 0.3) is 0 Å². The van der Waals surface area contributed by atoms with E-state index >= 15 is 0 Å². The lowest BCUT2D eigenvalue weighted by atomic mass is 9.69. The van der Waals surface area contributed by atoms with Crippen LogP contribution in [0.15, 0.2) is 72.9 Å². The molecule has 4 rings (SSSR count). The zero-order chi connectivity index (χ0) is 28.7. The molecule has 1 saturated carbocycles. The number of carbonyl (C=O) groups excluding carboxylic acids is 2. The first-order valence-electron chi connectivity index (χ1n) is 13.2. The maximum Gasteiger partial charge on any atom is 0.475 e. The van der Waals surface area contributed by atoms with Crippen LogP contribution in [0.1, 0.15) is 53.6 Å². The Balaban J connectivity index is 1.54. The zero-order valence-electron chi connectivity index (χ0n) is 21.8. The summed E-state index contributed by atoms with van der Waals surface area (Å²) in [6.45, 7) is 0. The van der Waals surface area contributed by atoms with Gasteiger partial charge >= 0.3 is 13.3 Å². The zero-order valence-corrected chi connectivity index (χ0v) is 21.8. The third-order valence-electron chi connectivity index (χ3n) is 7.19. The van der Waals surface area contributed by atoms with Crippen LogP contribution in [0.5, 0.6) is 0 Å². The average Bonchev–Trinajstić information content (AvgIpc) is 2.90. The molecule has 3 aromatic rings. The molecule has 4 N–H and O–H groups in total. The standard InChI is InChI=1S/C29H31BF3N3O4/c31-29(32,33)22-11-5-12-23(18-22)35-27-24(13-6-14-34-27)25(37)17-21(15-19-7-2-1-3-8-19)28(38)36-26(30(39)40)16-20-9-4-10-20/h1-3,5-8,11-14,18,20-21,26,39-40H,4,9-10,15-17H2,(H,34,35)(H,36,38)/t21-,26+/m1/s1. The molecule has 40 heavy (non-hydrogen) atoms. The number of aromatic nitrogens is 1. The lowest BCUT2D eigenvalue weighted by Crippen LogP contribution is -2.50. The van der Waals surface area contributed by atoms with Gasteiger partial charge in [-0.2, -0.15) is 13.2 Å². The summed E-state index contributed by atoms with van der Waals surface area (Å²) in [5.74, 6) is -2.23. The molecule has 0 radical (unpaired) electrons. The van der Waals surface area contributed by atoms with Crippen LogP contribution in [-0.2, 0) is 17.4 Å². The van der Waals surface area contributed by atoms with E-state index in [1.165, 1.54) is 30.5 Å². The third kappa shape index (κ3) is 7.92. The minimum atomic E-state index is -4.53. The predicted molar refractivity (Wildman–Crippen MR) is 146 cm³/mol. The van der Waals surface area contributed by atoms with E-state index in [2.05, 4.69) is 15.6 Å². The molecule has 210 valence electrons. The first-order chi connectivity index (χ1) is 19.1. The van der Waals surface area contributed by atoms with Gasteiger partial charge in [-0.15, -0.1) is 0 Å². The van der Waals surface area contributed by atoms with Gasteiger partial charge < -0.3 is 20.7 Å². The molecule has 0 aliphatic heterocycles. The van der Waals surface area contributed by atoms with Gasteiger partial charge in [0.2, 0.25) is 5.91 Å². The summed E-state index contributed by atoms with van der Waals surface area (Å²) in [5, 5.41) is 25.3. The Morgan fingerprint density at radius 3 is 2.42 bits per heavy atom. The number of ketones is 1. The van der Waals surface area contributed by atoms with Crippen molar-refractivity contribution in [2.24, 2.45) is 11.8 Å². The van der Waals surface area contributed by atoms with Crippen molar-refractivity contribution in [3.63, 3.8) is 0 Å². The molecule has 0 unspecified atom stereocenters. The molecular weight excluding hydrogens is 522 g/mol. The van der Waals surface area contributed by atoms with Gasteiger partial charge in [-0.1, -0.05) is 55.7 Å². The summed E-state index contributed by atoms with van der Waals surface area (Å²) in [6.07, 6.45) is 0.324. The van der Waals surface area contributed by atoms with Crippen molar-refractivity contribution in [2.45, 2.75) is 50.6 Å². The number of nitrogens with zero attached hydrogens (tertiary/aromatic N) is 1. The number of Topliss-reactive ketones (excluding diaryl/α,β-unsaturated/α-hetero) is 1. The summed E-state index contributed by atoms with van der Waals surface area (Å²) in [6, 6.07) is 16.8. The van der Waals surface area contributed by atoms with Crippen molar-refractivity contribution < 1.29 is 32.8 Å². The number of hydrogen-bond acceptors (Lipinski definition) is 6. The number of rotatable bonds is 12. The Morgan fingerprint density at radius 1 is 1.02 bits per heavy atom. The summed E-state index contributed by atoms with van der Waals surface area (Å²) in [5.41, 5.74) is 0.211. The topological polar surface area (TPSA) is 112 Å². The highest BCUT2D eigenvalue weighted by atomic mass is 19.4. The van der Waals surface area contributed by atoms with Crippen LogP contribution in [0, 0.1) is 11.8 Å². The molecule has 1 fully saturated rings. The van der Waals surface area contributed by atoms with E-state index in [1.807, 2.05) is 30.3 Å². The molecule has 11 heteroatoms. The van der Waals surface area contributed by atoms with Gasteiger partial charge in [-0.05, 0) is 54.7 Å². The van der Waals surface area contributed by atoms with Crippen molar-refractivity contribution in [3.8, 4) is 0 Å². The van der Waals surface area contributed by atoms with Crippen LogP contribution < -0.4 is 10.6 Å². The van der Waals surface area contributed by atoms with Gasteiger partial charge in [-0.3, -0.25) is 9.59 Å². The summed E-state index contributed by atoms with van der Waals surface area (Å²) in [4.78, 5) is 31.1. The number of anilines is 2. The van der Waals surface area contributed by atoms with E-state index < -0.39 is 42.4 Å². The lowest BCUT2D eigenvalue weighted by Gasteiger charge is -2.30. The predicted octanol–water partition coefficient (Wildman–Crippen LogP) is 4.96. The van der Waals surface area contributed by atoms with Crippen LogP contribution in [0.4, 0.5) is 24.7 Å². The summed E-state index contributed by atoms with van der Waals surface area (Å²) in [7, 11) is -1.74. The van der Waals surface area contributed by atoms with Crippen molar-refractivity contribution >= 4 is 30.3 Å². The molecular formula is C29H31BF3N3O4. The average molecular weight is 553 g/mol. The SMILES string of the molecule is O=C(C[C@@H](Cc1ccccc1)C(=O)N[C@@H](CC1CCC1)B(O)O)c1cccnc1Nc1cccc(C(F)(F)F)c1. The highest BCUT2D eigenvalue weighted by Crippen LogP contribution is 2.32. The van der Waals surface area contributed by atoms with Gasteiger partial charge in [0.1, 0.15) is 5.82 Å². The fraction of sp³-hybridized carbons (Fsp3) is 0.345. The first-order valence-corrected chi connectivity index (χ1v) is 13.2. The second-order valence-corrected chi connectivity index (χ2v) is 10.2. The van der Waals surface area contributed by atoms with Crippen molar-refractivity contribution in [1.82, 2.24) is 10.3 Å². The maximum atomic E-state index is 13.5. The van der Waals surface area contributed by atoms with Crippen LogP contribution in [0.25, 0.3) is 0 Å². The normalized spacial score (nSPS) is 15.0. The Bertz CT molecular complexity index is 1300. The third-order valence-corrected chi connectivity index (χ3v) is 7.19. The number of amides is 1. The van der Waals surface area contributed by atoms with Crippen LogP contribution in [-0.4, -0.2) is 39.8 Å². The molecule has 0 spiro atoms. The summed E-state index contributed by atoms with van der Waals surface area (Å²) < 4.78 is 39.5. The number of halogens is 3. The Hall–Kier alpha value is -3.70. The number of nitrogens with one attached hydrogen (secondary N) is 2. The van der Waals surface area contributed by atoms with Gasteiger partial charge in [0, 0.05) is 24.2 Å². The fourth-order valence-corrected chi connectivity index (χ4v) is 4.77. The molecule has 1 amide bonds. The smallest absolute Gasteiger partial charge is 0.426 e. The molecule has 2 atom stereocenters. The van der Waals surface area contributed by atoms with Gasteiger partial charge in [-0.25, -0.2) is 4.98 Å². The van der Waals surface area contributed by atoms with Crippen molar-refractivity contribution in [1.29, 1.82) is 0 Å². The molecule has 2 aromatic carbocycles. The minimum Gasteiger partial charge on any atom is -0.426 e.